The Hall–Kier alpha value is -3.40. The molecule has 0 spiro atoms. The molecule has 7 atom stereocenters. The number of ether oxygens (including phenoxy) is 3. The first-order valence-corrected chi connectivity index (χ1v) is 12.9. The van der Waals surface area contributed by atoms with Gasteiger partial charge in [-0.25, -0.2) is 0 Å². The van der Waals surface area contributed by atoms with Crippen molar-refractivity contribution in [1.82, 2.24) is 0 Å². The maximum Gasteiger partial charge on any atom is 0.306 e. The summed E-state index contributed by atoms with van der Waals surface area (Å²) in [5.74, 6) is -1.29. The minimum atomic E-state index is -1.52. The predicted octanol–water partition coefficient (Wildman–Crippen LogP) is 3.21. The lowest BCUT2D eigenvalue weighted by Crippen LogP contribution is -2.59. The van der Waals surface area contributed by atoms with E-state index in [1.165, 1.54) is 7.11 Å². The number of aliphatic hydroxyl groups is 3. The molecule has 3 aromatic rings. The molecule has 4 rings (SSSR count). The maximum absolute atomic E-state index is 13.3. The zero-order chi connectivity index (χ0) is 27.8. The summed E-state index contributed by atoms with van der Waals surface area (Å²) in [6.07, 6.45) is -6.53. The molecule has 0 radical (unpaired) electrons. The van der Waals surface area contributed by atoms with Gasteiger partial charge in [0.25, 0.3) is 0 Å². The number of carbonyl (C=O) groups excluding carboxylic acids is 2. The van der Waals surface area contributed by atoms with E-state index in [2.05, 4.69) is 0 Å². The molecular formula is C31H34O8. The summed E-state index contributed by atoms with van der Waals surface area (Å²) in [5, 5.41) is 30.4. The fourth-order valence-electron chi connectivity index (χ4n) is 4.99. The van der Waals surface area contributed by atoms with E-state index >= 15 is 0 Å². The SMILES string of the molecule is CO[C@@H]1O[C@H](COC(=O)CC(c2ccccc2)C(CC(=O)c2ccccc2)c2ccccc2)[C@H](O)[C@H](O)[C@H]1O. The highest BCUT2D eigenvalue weighted by Crippen LogP contribution is 2.39. The molecule has 1 saturated heterocycles. The summed E-state index contributed by atoms with van der Waals surface area (Å²) >= 11 is 0. The smallest absolute Gasteiger partial charge is 0.306 e. The van der Waals surface area contributed by atoms with E-state index in [1.54, 1.807) is 12.1 Å². The molecule has 1 aliphatic rings. The molecule has 2 unspecified atom stereocenters. The van der Waals surface area contributed by atoms with Crippen molar-refractivity contribution < 1.29 is 39.1 Å². The quantitative estimate of drug-likeness (QED) is 0.253. The molecule has 8 nitrogen and oxygen atoms in total. The number of hydrogen-bond acceptors (Lipinski definition) is 8. The molecule has 39 heavy (non-hydrogen) atoms. The van der Waals surface area contributed by atoms with Gasteiger partial charge in [0, 0.05) is 25.0 Å². The van der Waals surface area contributed by atoms with Crippen LogP contribution in [0.5, 0.6) is 0 Å². The van der Waals surface area contributed by atoms with Crippen molar-refractivity contribution in [3.63, 3.8) is 0 Å². The standard InChI is InChI=1S/C31H34O8/c1-37-31-30(36)29(35)28(34)26(39-31)19-38-27(33)18-24(21-13-7-3-8-14-21)23(20-11-5-2-6-12-20)17-25(32)22-15-9-4-10-16-22/h2-16,23-24,26,28-31,34-36H,17-19H2,1H3/t23?,24?,26-,28+,29+,30-,31-/m1/s1. The monoisotopic (exact) mass is 534 g/mol. The lowest BCUT2D eigenvalue weighted by molar-refractivity contribution is -0.295. The van der Waals surface area contributed by atoms with E-state index in [9.17, 15) is 24.9 Å². The molecule has 0 amide bonds. The normalized spacial score (nSPS) is 24.5. The second-order valence-corrected chi connectivity index (χ2v) is 9.67. The van der Waals surface area contributed by atoms with E-state index in [4.69, 9.17) is 14.2 Å². The van der Waals surface area contributed by atoms with Crippen molar-refractivity contribution in [2.45, 2.75) is 55.4 Å². The fraction of sp³-hybridized carbons (Fsp3) is 0.355. The van der Waals surface area contributed by atoms with Crippen LogP contribution in [-0.4, -0.2) is 71.5 Å². The topological polar surface area (TPSA) is 123 Å². The van der Waals surface area contributed by atoms with Gasteiger partial charge in [0.05, 0.1) is 6.42 Å². The first-order valence-electron chi connectivity index (χ1n) is 12.9. The molecular weight excluding hydrogens is 500 g/mol. The lowest BCUT2D eigenvalue weighted by atomic mass is 9.76. The second kappa shape index (κ2) is 13.6. The van der Waals surface area contributed by atoms with Gasteiger partial charge in [-0.1, -0.05) is 91.0 Å². The number of rotatable bonds is 11. The largest absolute Gasteiger partial charge is 0.463 e. The van der Waals surface area contributed by atoms with Gasteiger partial charge in [0.2, 0.25) is 0 Å². The Bertz CT molecular complexity index is 1180. The molecule has 1 heterocycles. The third-order valence-corrected chi connectivity index (χ3v) is 7.14. The minimum Gasteiger partial charge on any atom is -0.463 e. The number of hydrogen-bond donors (Lipinski definition) is 3. The molecule has 1 fully saturated rings. The zero-order valence-electron chi connectivity index (χ0n) is 21.7. The Kier molecular flexibility index (Phi) is 9.97. The maximum atomic E-state index is 13.3. The molecule has 8 heteroatoms. The third-order valence-electron chi connectivity index (χ3n) is 7.14. The first-order chi connectivity index (χ1) is 18.9. The number of benzene rings is 3. The van der Waals surface area contributed by atoms with Gasteiger partial charge in [-0.3, -0.25) is 9.59 Å². The average molecular weight is 535 g/mol. The van der Waals surface area contributed by atoms with Crippen LogP contribution in [0.2, 0.25) is 0 Å². The van der Waals surface area contributed by atoms with E-state index in [0.717, 1.165) is 11.1 Å². The van der Waals surface area contributed by atoms with Gasteiger partial charge in [-0.05, 0) is 17.0 Å². The van der Waals surface area contributed by atoms with Gasteiger partial charge in [-0.2, -0.15) is 0 Å². The van der Waals surface area contributed by atoms with Gasteiger partial charge in [-0.15, -0.1) is 0 Å². The van der Waals surface area contributed by atoms with Crippen molar-refractivity contribution in [2.24, 2.45) is 0 Å². The van der Waals surface area contributed by atoms with Crippen LogP contribution >= 0.6 is 0 Å². The third kappa shape index (κ3) is 7.17. The van der Waals surface area contributed by atoms with Gasteiger partial charge >= 0.3 is 5.97 Å². The van der Waals surface area contributed by atoms with E-state index in [1.807, 2.05) is 78.9 Å². The van der Waals surface area contributed by atoms with E-state index in [-0.39, 0.29) is 37.1 Å². The number of carbonyl (C=O) groups is 2. The number of methoxy groups -OCH3 is 1. The minimum absolute atomic E-state index is 0.0318. The summed E-state index contributed by atoms with van der Waals surface area (Å²) < 4.78 is 16.0. The van der Waals surface area contributed by atoms with Crippen LogP contribution in [-0.2, 0) is 19.0 Å². The van der Waals surface area contributed by atoms with Crippen LogP contribution < -0.4 is 0 Å². The van der Waals surface area contributed by atoms with Crippen LogP contribution in [0.1, 0.15) is 46.2 Å². The van der Waals surface area contributed by atoms with Crippen LogP contribution in [0.15, 0.2) is 91.0 Å². The fourth-order valence-corrected chi connectivity index (χ4v) is 4.99. The Morgan fingerprint density at radius 3 is 1.79 bits per heavy atom. The van der Waals surface area contributed by atoms with E-state index < -0.39 is 36.7 Å². The Labute approximate surface area is 227 Å². The summed E-state index contributed by atoms with van der Waals surface area (Å²) in [7, 11) is 1.30. The summed E-state index contributed by atoms with van der Waals surface area (Å²) in [6.45, 7) is -0.343. The highest BCUT2D eigenvalue weighted by molar-refractivity contribution is 5.96. The lowest BCUT2D eigenvalue weighted by Gasteiger charge is -2.39. The molecule has 3 aromatic carbocycles. The highest BCUT2D eigenvalue weighted by atomic mass is 16.7. The summed E-state index contributed by atoms with van der Waals surface area (Å²) in [5.41, 5.74) is 2.41. The van der Waals surface area contributed by atoms with Gasteiger partial charge in [0.1, 0.15) is 31.0 Å². The Balaban J connectivity index is 1.55. The second-order valence-electron chi connectivity index (χ2n) is 9.67. The molecule has 0 aromatic heterocycles. The van der Waals surface area contributed by atoms with Crippen LogP contribution in [0, 0.1) is 0 Å². The summed E-state index contributed by atoms with van der Waals surface area (Å²) in [4.78, 5) is 26.5. The van der Waals surface area contributed by atoms with Crippen LogP contribution in [0.3, 0.4) is 0 Å². The zero-order valence-corrected chi connectivity index (χ0v) is 21.7. The molecule has 1 aliphatic heterocycles. The van der Waals surface area contributed by atoms with Crippen molar-refractivity contribution in [3.8, 4) is 0 Å². The van der Waals surface area contributed by atoms with Crippen molar-refractivity contribution in [2.75, 3.05) is 13.7 Å². The van der Waals surface area contributed by atoms with Crippen molar-refractivity contribution in [3.05, 3.63) is 108 Å². The number of ketones is 1. The molecule has 0 bridgehead atoms. The molecule has 3 N–H and O–H groups in total. The summed E-state index contributed by atoms with van der Waals surface area (Å²) in [6, 6.07) is 28.2. The van der Waals surface area contributed by atoms with Crippen molar-refractivity contribution in [1.29, 1.82) is 0 Å². The van der Waals surface area contributed by atoms with Gasteiger partial charge < -0.3 is 29.5 Å². The average Bonchev–Trinajstić information content (AvgIpc) is 2.98. The molecule has 0 aliphatic carbocycles. The first kappa shape index (κ1) is 28.6. The van der Waals surface area contributed by atoms with Crippen LogP contribution in [0.25, 0.3) is 0 Å². The number of Topliss-reactive ketones (excluding diaryl/α,β-unsaturated/α-hetero) is 1. The van der Waals surface area contributed by atoms with Gasteiger partial charge in [0.15, 0.2) is 12.1 Å². The number of esters is 1. The molecule has 206 valence electrons. The molecule has 0 saturated carbocycles. The van der Waals surface area contributed by atoms with E-state index in [0.29, 0.717) is 5.56 Å². The van der Waals surface area contributed by atoms with Crippen molar-refractivity contribution >= 4 is 11.8 Å². The van der Waals surface area contributed by atoms with Crippen LogP contribution in [0.4, 0.5) is 0 Å². The predicted molar refractivity (Wildman–Crippen MR) is 143 cm³/mol. The Morgan fingerprint density at radius 2 is 1.26 bits per heavy atom. The highest BCUT2D eigenvalue weighted by Gasteiger charge is 2.44. The number of aliphatic hydroxyl groups excluding tert-OH is 3. The Morgan fingerprint density at radius 1 is 0.744 bits per heavy atom.